The highest BCUT2D eigenvalue weighted by Gasteiger charge is 2.51. The maximum absolute atomic E-state index is 14.1. The second-order valence-electron chi connectivity index (χ2n) is 9.46. The van der Waals surface area contributed by atoms with Gasteiger partial charge in [-0.2, -0.15) is 0 Å². The van der Waals surface area contributed by atoms with Crippen LogP contribution in [0.2, 0.25) is 0 Å². The number of carbonyl (C=O) groups is 1. The molecule has 1 saturated carbocycles. The van der Waals surface area contributed by atoms with Crippen molar-refractivity contribution in [1.82, 2.24) is 4.90 Å². The van der Waals surface area contributed by atoms with Gasteiger partial charge in [0.15, 0.2) is 17.4 Å². The van der Waals surface area contributed by atoms with E-state index in [0.717, 1.165) is 38.8 Å². The first-order valence-electron chi connectivity index (χ1n) is 11.2. The van der Waals surface area contributed by atoms with Gasteiger partial charge in [0.05, 0.1) is 12.5 Å². The molecule has 2 aromatic rings. The fourth-order valence-electron chi connectivity index (χ4n) is 5.43. The summed E-state index contributed by atoms with van der Waals surface area (Å²) < 4.78 is 38.9. The Morgan fingerprint density at radius 3 is 2.44 bits per heavy atom. The van der Waals surface area contributed by atoms with Gasteiger partial charge in [-0.15, -0.1) is 0 Å². The average molecular weight is 443 g/mol. The number of halogens is 2. The predicted molar refractivity (Wildman–Crippen MR) is 114 cm³/mol. The molecule has 3 aliphatic rings. The summed E-state index contributed by atoms with van der Waals surface area (Å²) in [4.78, 5) is 13.5. The van der Waals surface area contributed by atoms with Gasteiger partial charge in [0, 0.05) is 24.5 Å². The third kappa shape index (κ3) is 3.83. The lowest BCUT2D eigenvalue weighted by molar-refractivity contribution is -0.150. The van der Waals surface area contributed by atoms with Gasteiger partial charge in [-0.3, -0.25) is 9.69 Å². The van der Waals surface area contributed by atoms with Crippen molar-refractivity contribution in [3.8, 4) is 11.5 Å². The first kappa shape index (κ1) is 21.2. The lowest BCUT2D eigenvalue weighted by Crippen LogP contribution is -2.63. The van der Waals surface area contributed by atoms with E-state index >= 15 is 0 Å². The molecule has 32 heavy (non-hydrogen) atoms. The molecule has 170 valence electrons. The van der Waals surface area contributed by atoms with Gasteiger partial charge in [-0.1, -0.05) is 6.07 Å². The zero-order valence-corrected chi connectivity index (χ0v) is 18.1. The Morgan fingerprint density at radius 2 is 1.78 bits per heavy atom. The van der Waals surface area contributed by atoms with Gasteiger partial charge >= 0.3 is 5.97 Å². The van der Waals surface area contributed by atoms with E-state index in [0.29, 0.717) is 17.4 Å². The zero-order valence-electron chi connectivity index (χ0n) is 18.1. The molecule has 7 heteroatoms. The normalized spacial score (nSPS) is 23.3. The van der Waals surface area contributed by atoms with Crippen LogP contribution in [0.3, 0.4) is 0 Å². The van der Waals surface area contributed by atoms with E-state index in [1.807, 2.05) is 12.1 Å². The molecular weight excluding hydrogens is 416 g/mol. The molecule has 2 aliphatic carbocycles. The summed E-state index contributed by atoms with van der Waals surface area (Å²) in [6.45, 7) is 3.97. The molecule has 0 radical (unpaired) electrons. The van der Waals surface area contributed by atoms with Gasteiger partial charge in [0.2, 0.25) is 0 Å². The number of aliphatic carboxylic acids is 1. The van der Waals surface area contributed by atoms with Gasteiger partial charge in [0.25, 0.3) is 0 Å². The Hall–Kier alpha value is -2.67. The highest BCUT2D eigenvalue weighted by Crippen LogP contribution is 2.48. The fraction of sp³-hybridized carbons (Fsp3) is 0.480. The summed E-state index contributed by atoms with van der Waals surface area (Å²) in [5.74, 6) is -1.96. The molecule has 0 aromatic heterocycles. The van der Waals surface area contributed by atoms with E-state index in [4.69, 9.17) is 14.6 Å². The van der Waals surface area contributed by atoms with Gasteiger partial charge < -0.3 is 14.6 Å². The van der Waals surface area contributed by atoms with E-state index in [1.165, 1.54) is 23.3 Å². The topological polar surface area (TPSA) is 59.0 Å². The monoisotopic (exact) mass is 443 g/mol. The van der Waals surface area contributed by atoms with Crippen LogP contribution in [0.5, 0.6) is 11.5 Å². The van der Waals surface area contributed by atoms with Crippen LogP contribution in [-0.4, -0.2) is 41.7 Å². The lowest BCUT2D eigenvalue weighted by Gasteiger charge is -2.55. The van der Waals surface area contributed by atoms with Gasteiger partial charge in [-0.25, -0.2) is 8.78 Å². The fourth-order valence-corrected chi connectivity index (χ4v) is 5.43. The summed E-state index contributed by atoms with van der Waals surface area (Å²) in [6, 6.07) is 8.95. The Labute approximate surface area is 185 Å². The van der Waals surface area contributed by atoms with E-state index in [1.54, 1.807) is 6.92 Å². The van der Waals surface area contributed by atoms with Crippen LogP contribution < -0.4 is 9.47 Å². The van der Waals surface area contributed by atoms with Gasteiger partial charge in [-0.05, 0) is 73.6 Å². The first-order valence-corrected chi connectivity index (χ1v) is 11.2. The van der Waals surface area contributed by atoms with Crippen molar-refractivity contribution in [3.05, 3.63) is 58.7 Å². The minimum absolute atomic E-state index is 0.0738. The van der Waals surface area contributed by atoms with Crippen LogP contribution in [-0.2, 0) is 24.2 Å². The summed E-state index contributed by atoms with van der Waals surface area (Å²) in [5, 5.41) is 9.08. The molecule has 1 saturated heterocycles. The molecule has 1 heterocycles. The van der Waals surface area contributed by atoms with Crippen LogP contribution in [0.25, 0.3) is 0 Å². The average Bonchev–Trinajstić information content (AvgIpc) is 3.06. The Kier molecular flexibility index (Phi) is 5.32. The minimum Gasteiger partial charge on any atom is -0.489 e. The SMILES string of the molecule is CCOc1c(F)cc(COc2ccc3c(c2)CC2(C3)CN(C3CC(C(=O)O)C3)C2)cc1F. The molecule has 1 spiro atoms. The molecule has 1 aliphatic heterocycles. The number of likely N-dealkylation sites (tertiary alicyclic amines) is 1. The molecule has 2 aromatic carbocycles. The van der Waals surface area contributed by atoms with Gasteiger partial charge in [0.1, 0.15) is 12.4 Å². The maximum atomic E-state index is 14.1. The molecule has 2 fully saturated rings. The van der Waals surface area contributed by atoms with Crippen molar-refractivity contribution in [2.24, 2.45) is 11.3 Å². The molecule has 5 rings (SSSR count). The van der Waals surface area contributed by atoms with E-state index in [-0.39, 0.29) is 30.3 Å². The smallest absolute Gasteiger partial charge is 0.306 e. The first-order chi connectivity index (χ1) is 15.4. The largest absolute Gasteiger partial charge is 0.489 e. The number of fused-ring (bicyclic) bond motifs is 1. The summed E-state index contributed by atoms with van der Waals surface area (Å²) in [6.07, 6.45) is 3.55. The predicted octanol–water partition coefficient (Wildman–Crippen LogP) is 4.21. The number of nitrogens with zero attached hydrogens (tertiary/aromatic N) is 1. The van der Waals surface area contributed by atoms with Crippen LogP contribution in [0, 0.1) is 23.0 Å². The Balaban J connectivity index is 1.17. The third-order valence-corrected chi connectivity index (χ3v) is 7.12. The van der Waals surface area contributed by atoms with E-state index in [9.17, 15) is 13.6 Å². The molecule has 0 atom stereocenters. The van der Waals surface area contributed by atoms with E-state index < -0.39 is 17.6 Å². The van der Waals surface area contributed by atoms with Crippen molar-refractivity contribution >= 4 is 5.97 Å². The minimum atomic E-state index is -0.725. The second-order valence-corrected chi connectivity index (χ2v) is 9.46. The summed E-state index contributed by atoms with van der Waals surface area (Å²) in [7, 11) is 0. The zero-order chi connectivity index (χ0) is 22.5. The second kappa shape index (κ2) is 8.03. The molecule has 5 nitrogen and oxygen atoms in total. The maximum Gasteiger partial charge on any atom is 0.306 e. The Bertz CT molecular complexity index is 1020. The molecule has 1 N–H and O–H groups in total. The number of carboxylic acid groups (broad SMARTS) is 1. The third-order valence-electron chi connectivity index (χ3n) is 7.12. The number of ether oxygens (including phenoxy) is 2. The highest BCUT2D eigenvalue weighted by atomic mass is 19.1. The Morgan fingerprint density at radius 1 is 1.09 bits per heavy atom. The quantitative estimate of drug-likeness (QED) is 0.695. The summed E-state index contributed by atoms with van der Waals surface area (Å²) in [5.41, 5.74) is 3.25. The van der Waals surface area contributed by atoms with Crippen molar-refractivity contribution in [2.75, 3.05) is 19.7 Å². The number of hydrogen-bond acceptors (Lipinski definition) is 4. The molecular formula is C25H27F2NO4. The molecule has 0 amide bonds. The van der Waals surface area contributed by atoms with Crippen LogP contribution in [0.1, 0.15) is 36.5 Å². The highest BCUT2D eigenvalue weighted by molar-refractivity contribution is 5.71. The van der Waals surface area contributed by atoms with Crippen molar-refractivity contribution in [1.29, 1.82) is 0 Å². The lowest BCUT2D eigenvalue weighted by atomic mass is 9.71. The van der Waals surface area contributed by atoms with Crippen LogP contribution in [0.4, 0.5) is 8.78 Å². The van der Waals surface area contributed by atoms with E-state index in [2.05, 4.69) is 11.0 Å². The van der Waals surface area contributed by atoms with Crippen molar-refractivity contribution in [3.63, 3.8) is 0 Å². The standard InChI is InChI=1S/C25H27F2NO4/c1-2-31-23-21(26)5-15(6-22(23)27)12-32-20-4-3-16-10-25(11-18(16)9-20)13-28(14-25)19-7-17(8-19)24(29)30/h3-6,9,17,19H,2,7-8,10-14H2,1H3,(H,29,30). The number of carboxylic acids is 1. The number of benzene rings is 2. The number of hydrogen-bond donors (Lipinski definition) is 1. The molecule has 0 bridgehead atoms. The number of rotatable bonds is 7. The van der Waals surface area contributed by atoms with Crippen LogP contribution >= 0.6 is 0 Å². The van der Waals surface area contributed by atoms with Crippen LogP contribution in [0.15, 0.2) is 30.3 Å². The van der Waals surface area contributed by atoms with Crippen molar-refractivity contribution < 1.29 is 28.2 Å². The molecule has 0 unspecified atom stereocenters. The van der Waals surface area contributed by atoms with Crippen molar-refractivity contribution in [2.45, 2.75) is 45.3 Å². The summed E-state index contributed by atoms with van der Waals surface area (Å²) >= 11 is 0.